The minimum atomic E-state index is -0.375. The summed E-state index contributed by atoms with van der Waals surface area (Å²) < 4.78 is 5.46. The Bertz CT molecular complexity index is 940. The Morgan fingerprint density at radius 2 is 2.17 bits per heavy atom. The van der Waals surface area contributed by atoms with Crippen LogP contribution in [0.4, 0.5) is 0 Å². The number of ether oxygens (including phenoxy) is 1. The van der Waals surface area contributed by atoms with Crippen molar-refractivity contribution in [2.75, 3.05) is 32.8 Å². The first kappa shape index (κ1) is 21.2. The van der Waals surface area contributed by atoms with Gasteiger partial charge in [-0.25, -0.2) is 0 Å². The summed E-state index contributed by atoms with van der Waals surface area (Å²) in [6, 6.07) is 6.23. The summed E-state index contributed by atoms with van der Waals surface area (Å²) >= 11 is 1.70. The Labute approximate surface area is 174 Å². The van der Waals surface area contributed by atoms with Gasteiger partial charge in [0, 0.05) is 36.6 Å². The lowest BCUT2D eigenvalue weighted by Gasteiger charge is -2.34. The van der Waals surface area contributed by atoms with Crippen LogP contribution in [0.5, 0.6) is 0 Å². The molecule has 1 aliphatic rings. The van der Waals surface area contributed by atoms with Crippen molar-refractivity contribution in [1.29, 1.82) is 5.26 Å². The van der Waals surface area contributed by atoms with Crippen molar-refractivity contribution in [3.63, 3.8) is 0 Å². The first-order chi connectivity index (χ1) is 14.0. The first-order valence-corrected chi connectivity index (χ1v) is 10.6. The summed E-state index contributed by atoms with van der Waals surface area (Å²) in [5.41, 5.74) is 1.98. The van der Waals surface area contributed by atoms with Crippen LogP contribution < -0.4 is 10.9 Å². The summed E-state index contributed by atoms with van der Waals surface area (Å²) in [6.45, 7) is 7.24. The Hall–Kier alpha value is -2.47. The predicted octanol–water partition coefficient (Wildman–Crippen LogP) is 2.05. The first-order valence-electron chi connectivity index (χ1n) is 9.75. The van der Waals surface area contributed by atoms with Gasteiger partial charge in [-0.2, -0.15) is 5.26 Å². The summed E-state index contributed by atoms with van der Waals surface area (Å²) in [4.78, 5) is 30.7. The summed E-state index contributed by atoms with van der Waals surface area (Å²) in [5.74, 6) is -0.0386. The number of carbonyl (C=O) groups excluding carboxylic acids is 1. The number of pyridine rings is 1. The lowest BCUT2D eigenvalue weighted by atomic mass is 9.99. The third-order valence-corrected chi connectivity index (χ3v) is 6.35. The van der Waals surface area contributed by atoms with E-state index in [0.29, 0.717) is 43.9 Å². The number of nitrogens with zero attached hydrogens (tertiary/aromatic N) is 2. The minimum Gasteiger partial charge on any atom is -0.379 e. The molecule has 154 valence electrons. The van der Waals surface area contributed by atoms with Gasteiger partial charge in [0.05, 0.1) is 19.3 Å². The molecule has 3 heterocycles. The average Bonchev–Trinajstić information content (AvgIpc) is 3.23. The molecule has 1 aliphatic heterocycles. The standard InChI is InChI=1S/C21H26N4O3S/c1-14-16(15(2)24-21(27)17(14)12-22)5-6-20(26)23-13-18(19-4-3-11-29-19)25-7-9-28-10-8-25/h3-4,11,18H,5-10,13H2,1-2H3,(H,23,26)(H,24,27)/t18-/m1/s1. The van der Waals surface area contributed by atoms with Crippen LogP contribution in [0.25, 0.3) is 0 Å². The van der Waals surface area contributed by atoms with Crippen LogP contribution in [0, 0.1) is 25.2 Å². The van der Waals surface area contributed by atoms with Crippen LogP contribution in [-0.4, -0.2) is 48.6 Å². The van der Waals surface area contributed by atoms with Gasteiger partial charge >= 0.3 is 0 Å². The normalized spacial score (nSPS) is 15.6. The molecule has 0 unspecified atom stereocenters. The van der Waals surface area contributed by atoms with E-state index in [0.717, 1.165) is 18.7 Å². The lowest BCUT2D eigenvalue weighted by molar-refractivity contribution is -0.121. The van der Waals surface area contributed by atoms with E-state index < -0.39 is 0 Å². The Balaban J connectivity index is 1.62. The maximum Gasteiger partial charge on any atom is 0.266 e. The molecule has 0 bridgehead atoms. The van der Waals surface area contributed by atoms with Crippen LogP contribution >= 0.6 is 11.3 Å². The van der Waals surface area contributed by atoms with Crippen molar-refractivity contribution in [3.8, 4) is 6.07 Å². The number of hydrogen-bond donors (Lipinski definition) is 2. The highest BCUT2D eigenvalue weighted by Crippen LogP contribution is 2.25. The van der Waals surface area contributed by atoms with Crippen molar-refractivity contribution >= 4 is 17.2 Å². The van der Waals surface area contributed by atoms with E-state index in [1.807, 2.05) is 12.1 Å². The van der Waals surface area contributed by atoms with Crippen molar-refractivity contribution in [3.05, 3.63) is 55.1 Å². The molecule has 2 N–H and O–H groups in total. The number of H-pyrrole nitrogens is 1. The van der Waals surface area contributed by atoms with E-state index in [9.17, 15) is 14.9 Å². The largest absolute Gasteiger partial charge is 0.379 e. The van der Waals surface area contributed by atoms with Crippen molar-refractivity contribution in [2.45, 2.75) is 32.7 Å². The number of rotatable bonds is 7. The molecule has 0 spiro atoms. The SMILES string of the molecule is Cc1[nH]c(=O)c(C#N)c(C)c1CCC(=O)NC[C@H](c1cccs1)N1CCOCC1. The fourth-order valence-corrected chi connectivity index (χ4v) is 4.60. The Morgan fingerprint density at radius 3 is 2.83 bits per heavy atom. The Kier molecular flexibility index (Phi) is 7.20. The van der Waals surface area contributed by atoms with E-state index in [-0.39, 0.29) is 23.1 Å². The van der Waals surface area contributed by atoms with Crippen LogP contribution in [0.2, 0.25) is 0 Å². The second-order valence-corrected chi connectivity index (χ2v) is 8.13. The third kappa shape index (κ3) is 5.12. The second kappa shape index (κ2) is 9.83. The molecule has 2 aromatic rings. The third-order valence-electron chi connectivity index (χ3n) is 5.37. The molecule has 0 aromatic carbocycles. The van der Waals surface area contributed by atoms with E-state index in [1.54, 1.807) is 25.2 Å². The molecular formula is C21H26N4O3S. The predicted molar refractivity (Wildman–Crippen MR) is 112 cm³/mol. The number of aromatic amines is 1. The molecule has 3 rings (SSSR count). The van der Waals surface area contributed by atoms with Crippen LogP contribution in [0.3, 0.4) is 0 Å². The van der Waals surface area contributed by atoms with Gasteiger partial charge in [0.2, 0.25) is 5.91 Å². The van der Waals surface area contributed by atoms with Crippen molar-refractivity contribution in [2.24, 2.45) is 0 Å². The number of morpholine rings is 1. The fourth-order valence-electron chi connectivity index (χ4n) is 3.74. The average molecular weight is 415 g/mol. The number of nitriles is 1. The van der Waals surface area contributed by atoms with E-state index in [4.69, 9.17) is 4.74 Å². The van der Waals surface area contributed by atoms with Gasteiger partial charge in [-0.15, -0.1) is 11.3 Å². The van der Waals surface area contributed by atoms with Crippen LogP contribution in [0.1, 0.15) is 39.7 Å². The number of amides is 1. The molecule has 1 saturated heterocycles. The van der Waals surface area contributed by atoms with Gasteiger partial charge in [0.15, 0.2) is 0 Å². The second-order valence-electron chi connectivity index (χ2n) is 7.15. The Morgan fingerprint density at radius 1 is 1.41 bits per heavy atom. The minimum absolute atomic E-state index is 0.0386. The number of thiophene rings is 1. The highest BCUT2D eigenvalue weighted by atomic mass is 32.1. The van der Waals surface area contributed by atoms with Crippen molar-refractivity contribution < 1.29 is 9.53 Å². The highest BCUT2D eigenvalue weighted by molar-refractivity contribution is 7.10. The molecule has 7 nitrogen and oxygen atoms in total. The van der Waals surface area contributed by atoms with Crippen LogP contribution in [-0.2, 0) is 16.0 Å². The zero-order valence-corrected chi connectivity index (χ0v) is 17.6. The molecule has 0 aliphatic carbocycles. The van der Waals surface area contributed by atoms with E-state index >= 15 is 0 Å². The molecule has 0 radical (unpaired) electrons. The fraction of sp³-hybridized carbons (Fsp3) is 0.476. The van der Waals surface area contributed by atoms with Gasteiger partial charge in [0.1, 0.15) is 11.6 Å². The molecule has 8 heteroatoms. The quantitative estimate of drug-likeness (QED) is 0.723. The number of aromatic nitrogens is 1. The van der Waals surface area contributed by atoms with Crippen LogP contribution in [0.15, 0.2) is 22.3 Å². The van der Waals surface area contributed by atoms with Gasteiger partial charge in [-0.3, -0.25) is 14.5 Å². The highest BCUT2D eigenvalue weighted by Gasteiger charge is 2.24. The maximum absolute atomic E-state index is 12.5. The van der Waals surface area contributed by atoms with Gasteiger partial charge in [-0.1, -0.05) is 6.07 Å². The molecular weight excluding hydrogens is 388 g/mol. The zero-order chi connectivity index (χ0) is 20.8. The summed E-state index contributed by atoms with van der Waals surface area (Å²) in [5, 5.41) is 14.3. The molecule has 1 amide bonds. The molecule has 0 saturated carbocycles. The zero-order valence-electron chi connectivity index (χ0n) is 16.8. The number of nitrogens with one attached hydrogen (secondary N) is 2. The van der Waals surface area contributed by atoms with Gasteiger partial charge in [-0.05, 0) is 42.8 Å². The topological polar surface area (TPSA) is 98.2 Å². The number of hydrogen-bond acceptors (Lipinski definition) is 6. The maximum atomic E-state index is 12.5. The van der Waals surface area contributed by atoms with Crippen molar-refractivity contribution in [1.82, 2.24) is 15.2 Å². The van der Waals surface area contributed by atoms with Gasteiger partial charge < -0.3 is 15.0 Å². The molecule has 1 atom stereocenters. The van der Waals surface area contributed by atoms with E-state index in [2.05, 4.69) is 26.6 Å². The molecule has 2 aromatic heterocycles. The number of carbonyl (C=O) groups is 1. The molecule has 29 heavy (non-hydrogen) atoms. The van der Waals surface area contributed by atoms with E-state index in [1.165, 1.54) is 4.88 Å². The number of aryl methyl sites for hydroxylation is 1. The monoisotopic (exact) mass is 414 g/mol. The lowest BCUT2D eigenvalue weighted by Crippen LogP contribution is -2.43. The smallest absolute Gasteiger partial charge is 0.266 e. The molecule has 1 fully saturated rings. The summed E-state index contributed by atoms with van der Waals surface area (Å²) in [6.07, 6.45) is 0.787. The van der Waals surface area contributed by atoms with Gasteiger partial charge in [0.25, 0.3) is 5.56 Å². The summed E-state index contributed by atoms with van der Waals surface area (Å²) in [7, 11) is 0.